The highest BCUT2D eigenvalue weighted by molar-refractivity contribution is 7.99. The van der Waals surface area contributed by atoms with E-state index >= 15 is 0 Å². The highest BCUT2D eigenvalue weighted by Gasteiger charge is 2.31. The quantitative estimate of drug-likeness (QED) is 0.759. The van der Waals surface area contributed by atoms with Crippen LogP contribution in [-0.2, 0) is 9.53 Å². The number of carbonyl (C=O) groups is 1. The number of nitrogens with one attached hydrogen (secondary N) is 1. The van der Waals surface area contributed by atoms with Gasteiger partial charge < -0.3 is 15.8 Å². The molecule has 2 aliphatic heterocycles. The molecular formula is C11H20N2O2S. The molecule has 3 atom stereocenters. The Bertz CT molecular complexity index is 244. The molecule has 0 spiro atoms. The van der Waals surface area contributed by atoms with E-state index in [2.05, 4.69) is 5.32 Å². The van der Waals surface area contributed by atoms with Gasteiger partial charge in [-0.1, -0.05) is 0 Å². The number of amides is 1. The number of ether oxygens (including phenoxy) is 1. The Balaban J connectivity index is 1.75. The fourth-order valence-electron chi connectivity index (χ4n) is 2.22. The molecule has 2 rings (SSSR count). The summed E-state index contributed by atoms with van der Waals surface area (Å²) in [6, 6.07) is 0.340. The maximum atomic E-state index is 11.9. The summed E-state index contributed by atoms with van der Waals surface area (Å²) in [7, 11) is 0. The molecule has 2 heterocycles. The molecule has 2 saturated heterocycles. The van der Waals surface area contributed by atoms with Gasteiger partial charge in [0.2, 0.25) is 5.91 Å². The molecule has 2 fully saturated rings. The second kappa shape index (κ2) is 5.89. The fraction of sp³-hybridized carbons (Fsp3) is 0.909. The van der Waals surface area contributed by atoms with Crippen molar-refractivity contribution in [3.05, 3.63) is 0 Å². The molecule has 0 aromatic rings. The molecule has 5 heteroatoms. The third-order valence-corrected chi connectivity index (χ3v) is 4.38. The van der Waals surface area contributed by atoms with E-state index in [0.717, 1.165) is 25.0 Å². The van der Waals surface area contributed by atoms with Crippen molar-refractivity contribution in [2.75, 3.05) is 18.1 Å². The lowest BCUT2D eigenvalue weighted by Gasteiger charge is -2.24. The molecule has 2 aliphatic rings. The first-order valence-electron chi connectivity index (χ1n) is 6.03. The standard InChI is InChI=1S/C11H20N2O2S/c12-6-9-3-4-10(15-9)11(14)13-8-2-1-5-16-7-8/h8-10H,1-7,12H2,(H,13,14). The maximum absolute atomic E-state index is 11.9. The summed E-state index contributed by atoms with van der Waals surface area (Å²) in [4.78, 5) is 11.9. The van der Waals surface area contributed by atoms with Crippen LogP contribution in [-0.4, -0.2) is 42.2 Å². The van der Waals surface area contributed by atoms with E-state index in [1.807, 2.05) is 11.8 Å². The zero-order valence-corrected chi connectivity index (χ0v) is 10.3. The van der Waals surface area contributed by atoms with E-state index in [4.69, 9.17) is 10.5 Å². The number of thioether (sulfide) groups is 1. The van der Waals surface area contributed by atoms with Crippen LogP contribution in [0.15, 0.2) is 0 Å². The molecular weight excluding hydrogens is 224 g/mol. The third kappa shape index (κ3) is 3.12. The molecule has 0 saturated carbocycles. The topological polar surface area (TPSA) is 64.4 Å². The minimum Gasteiger partial charge on any atom is -0.364 e. The second-order valence-corrected chi connectivity index (χ2v) is 5.63. The fourth-order valence-corrected chi connectivity index (χ4v) is 3.29. The van der Waals surface area contributed by atoms with Gasteiger partial charge in [-0.2, -0.15) is 11.8 Å². The second-order valence-electron chi connectivity index (χ2n) is 4.48. The van der Waals surface area contributed by atoms with Gasteiger partial charge in [0.25, 0.3) is 0 Å². The Kier molecular flexibility index (Phi) is 4.49. The number of hydrogen-bond donors (Lipinski definition) is 2. The van der Waals surface area contributed by atoms with Crippen LogP contribution in [0.2, 0.25) is 0 Å². The minimum atomic E-state index is -0.263. The maximum Gasteiger partial charge on any atom is 0.249 e. The lowest BCUT2D eigenvalue weighted by molar-refractivity contribution is -0.132. The monoisotopic (exact) mass is 244 g/mol. The Labute approximate surface area is 101 Å². The summed E-state index contributed by atoms with van der Waals surface area (Å²) in [5.41, 5.74) is 5.52. The van der Waals surface area contributed by atoms with E-state index in [9.17, 15) is 4.79 Å². The minimum absolute atomic E-state index is 0.0588. The van der Waals surface area contributed by atoms with E-state index in [-0.39, 0.29) is 18.1 Å². The van der Waals surface area contributed by atoms with Gasteiger partial charge in [-0.3, -0.25) is 4.79 Å². The zero-order valence-electron chi connectivity index (χ0n) is 9.48. The first kappa shape index (κ1) is 12.2. The van der Waals surface area contributed by atoms with Gasteiger partial charge in [0, 0.05) is 18.3 Å². The van der Waals surface area contributed by atoms with Crippen LogP contribution < -0.4 is 11.1 Å². The Morgan fingerprint density at radius 2 is 2.31 bits per heavy atom. The van der Waals surface area contributed by atoms with Crippen molar-refractivity contribution in [1.29, 1.82) is 0 Å². The van der Waals surface area contributed by atoms with Crippen molar-refractivity contribution < 1.29 is 9.53 Å². The first-order valence-corrected chi connectivity index (χ1v) is 7.18. The molecule has 16 heavy (non-hydrogen) atoms. The van der Waals surface area contributed by atoms with Crippen molar-refractivity contribution in [1.82, 2.24) is 5.32 Å². The molecule has 0 radical (unpaired) electrons. The van der Waals surface area contributed by atoms with Gasteiger partial charge >= 0.3 is 0 Å². The molecule has 0 bridgehead atoms. The van der Waals surface area contributed by atoms with Crippen LogP contribution >= 0.6 is 11.8 Å². The molecule has 0 aliphatic carbocycles. The van der Waals surface area contributed by atoms with Gasteiger partial charge in [-0.25, -0.2) is 0 Å². The Morgan fingerprint density at radius 3 is 2.94 bits per heavy atom. The number of hydrogen-bond acceptors (Lipinski definition) is 4. The van der Waals surface area contributed by atoms with Crippen molar-refractivity contribution in [3.63, 3.8) is 0 Å². The molecule has 3 unspecified atom stereocenters. The average Bonchev–Trinajstić information content (AvgIpc) is 2.79. The van der Waals surface area contributed by atoms with E-state index in [0.29, 0.717) is 12.6 Å². The predicted octanol–water partition coefficient (Wildman–Crippen LogP) is 0.504. The summed E-state index contributed by atoms with van der Waals surface area (Å²) in [5, 5.41) is 3.08. The number of rotatable bonds is 3. The van der Waals surface area contributed by atoms with Gasteiger partial charge in [-0.15, -0.1) is 0 Å². The summed E-state index contributed by atoms with van der Waals surface area (Å²) >= 11 is 1.92. The van der Waals surface area contributed by atoms with Crippen molar-refractivity contribution in [3.8, 4) is 0 Å². The van der Waals surface area contributed by atoms with Crippen molar-refractivity contribution >= 4 is 17.7 Å². The molecule has 3 N–H and O–H groups in total. The normalized spacial score (nSPS) is 34.9. The zero-order chi connectivity index (χ0) is 11.4. The van der Waals surface area contributed by atoms with E-state index < -0.39 is 0 Å². The largest absolute Gasteiger partial charge is 0.364 e. The van der Waals surface area contributed by atoms with Crippen molar-refractivity contribution in [2.45, 2.75) is 43.9 Å². The van der Waals surface area contributed by atoms with Crippen LogP contribution in [0.3, 0.4) is 0 Å². The van der Waals surface area contributed by atoms with Crippen LogP contribution in [0.1, 0.15) is 25.7 Å². The van der Waals surface area contributed by atoms with Crippen LogP contribution in [0.4, 0.5) is 0 Å². The van der Waals surface area contributed by atoms with Crippen molar-refractivity contribution in [2.24, 2.45) is 5.73 Å². The Morgan fingerprint density at radius 1 is 1.44 bits per heavy atom. The SMILES string of the molecule is NCC1CCC(C(=O)NC2CCCSC2)O1. The van der Waals surface area contributed by atoms with E-state index in [1.54, 1.807) is 0 Å². The van der Waals surface area contributed by atoms with Crippen LogP contribution in [0.5, 0.6) is 0 Å². The first-order chi connectivity index (χ1) is 7.79. The van der Waals surface area contributed by atoms with Crippen LogP contribution in [0.25, 0.3) is 0 Å². The lowest BCUT2D eigenvalue weighted by atomic mass is 10.1. The molecule has 4 nitrogen and oxygen atoms in total. The highest BCUT2D eigenvalue weighted by atomic mass is 32.2. The number of nitrogens with two attached hydrogens (primary N) is 1. The summed E-state index contributed by atoms with van der Waals surface area (Å²) in [6.07, 6.45) is 3.84. The highest BCUT2D eigenvalue weighted by Crippen LogP contribution is 2.21. The van der Waals surface area contributed by atoms with Gasteiger partial charge in [0.15, 0.2) is 0 Å². The number of carbonyl (C=O) groups excluding carboxylic acids is 1. The van der Waals surface area contributed by atoms with Gasteiger partial charge in [0.1, 0.15) is 6.10 Å². The lowest BCUT2D eigenvalue weighted by Crippen LogP contribution is -2.44. The summed E-state index contributed by atoms with van der Waals surface area (Å²) in [5.74, 6) is 2.32. The van der Waals surface area contributed by atoms with Gasteiger partial charge in [0.05, 0.1) is 6.10 Å². The third-order valence-electron chi connectivity index (χ3n) is 3.17. The molecule has 0 aromatic heterocycles. The summed E-state index contributed by atoms with van der Waals surface area (Å²) in [6.45, 7) is 0.517. The molecule has 92 valence electrons. The summed E-state index contributed by atoms with van der Waals surface area (Å²) < 4.78 is 5.57. The smallest absolute Gasteiger partial charge is 0.249 e. The van der Waals surface area contributed by atoms with Gasteiger partial charge in [-0.05, 0) is 31.4 Å². The Hall–Kier alpha value is -0.260. The predicted molar refractivity (Wildman–Crippen MR) is 65.4 cm³/mol. The van der Waals surface area contributed by atoms with Crippen LogP contribution in [0, 0.1) is 0 Å². The molecule has 1 amide bonds. The van der Waals surface area contributed by atoms with E-state index in [1.165, 1.54) is 12.2 Å². The molecule has 0 aromatic carbocycles. The average molecular weight is 244 g/mol.